The number of rotatable bonds is 2. The van der Waals surface area contributed by atoms with Crippen LogP contribution in [0.5, 0.6) is 0 Å². The molecule has 0 N–H and O–H groups in total. The smallest absolute Gasteiger partial charge is 0.243 e. The molecule has 0 unspecified atom stereocenters. The number of nitrogens with zero attached hydrogens (tertiary/aromatic N) is 2. The van der Waals surface area contributed by atoms with Gasteiger partial charge in [0.2, 0.25) is 11.8 Å². The van der Waals surface area contributed by atoms with E-state index in [0.717, 1.165) is 0 Å². The maximum absolute atomic E-state index is 11.5. The molecule has 0 saturated carbocycles. The minimum atomic E-state index is -0.0950. The van der Waals surface area contributed by atoms with Crippen LogP contribution in [-0.4, -0.2) is 35.9 Å². The third-order valence-electron chi connectivity index (χ3n) is 2.08. The summed E-state index contributed by atoms with van der Waals surface area (Å²) in [6, 6.07) is 0. The van der Waals surface area contributed by atoms with E-state index in [2.05, 4.69) is 0 Å². The van der Waals surface area contributed by atoms with Gasteiger partial charge in [0.15, 0.2) is 0 Å². The lowest BCUT2D eigenvalue weighted by Gasteiger charge is -2.30. The molecule has 0 bridgehead atoms. The highest BCUT2D eigenvalue weighted by molar-refractivity contribution is 5.83. The summed E-state index contributed by atoms with van der Waals surface area (Å²) in [5, 5.41) is 2.74. The van der Waals surface area contributed by atoms with Crippen molar-refractivity contribution in [3.63, 3.8) is 0 Å². The fraction of sp³-hybridized carbons (Fsp3) is 0.800. The number of amides is 2. The molecule has 4 nitrogen and oxygen atoms in total. The summed E-state index contributed by atoms with van der Waals surface area (Å²) in [5.74, 6) is -0.298. The summed E-state index contributed by atoms with van der Waals surface area (Å²) in [4.78, 5) is 23.1. The molecule has 4 heteroatoms. The Labute approximate surface area is 85.8 Å². The molecule has 0 aliphatic rings. The summed E-state index contributed by atoms with van der Waals surface area (Å²) in [6.45, 7) is 7.25. The minimum absolute atomic E-state index is 0.0542. The van der Waals surface area contributed by atoms with Crippen molar-refractivity contribution in [2.75, 3.05) is 14.1 Å². The van der Waals surface area contributed by atoms with Crippen molar-refractivity contribution in [2.45, 2.75) is 27.7 Å². The number of carbonyl (C=O) groups excluding carboxylic acids is 2. The average Bonchev–Trinajstić information content (AvgIpc) is 2.12. The Balaban J connectivity index is 4.46. The highest BCUT2D eigenvalue weighted by Gasteiger charge is 2.22. The molecule has 0 saturated heterocycles. The van der Waals surface area contributed by atoms with Gasteiger partial charge in [-0.25, -0.2) is 0 Å². The van der Waals surface area contributed by atoms with Gasteiger partial charge in [0.25, 0.3) is 0 Å². The predicted octanol–water partition coefficient (Wildman–Crippen LogP) is 1.13. The SMILES string of the molecule is CC(C)C(=O)N(C)N(C)C(=O)C(C)C. The van der Waals surface area contributed by atoms with Crippen LogP contribution in [0.15, 0.2) is 0 Å². The van der Waals surface area contributed by atoms with Crippen molar-refractivity contribution >= 4 is 11.8 Å². The van der Waals surface area contributed by atoms with Crippen LogP contribution < -0.4 is 0 Å². The second-order valence-corrected chi connectivity index (χ2v) is 4.03. The van der Waals surface area contributed by atoms with Crippen LogP contribution in [0.4, 0.5) is 0 Å². The van der Waals surface area contributed by atoms with Gasteiger partial charge >= 0.3 is 0 Å². The quantitative estimate of drug-likeness (QED) is 0.627. The van der Waals surface area contributed by atoms with Crippen molar-refractivity contribution in [3.05, 3.63) is 0 Å². The molecule has 0 radical (unpaired) electrons. The largest absolute Gasteiger partial charge is 0.273 e. The first-order valence-electron chi connectivity index (χ1n) is 4.84. The van der Waals surface area contributed by atoms with Crippen LogP contribution in [-0.2, 0) is 9.59 Å². The minimum Gasteiger partial charge on any atom is -0.273 e. The van der Waals surface area contributed by atoms with Gasteiger partial charge in [0.05, 0.1) is 0 Å². The fourth-order valence-corrected chi connectivity index (χ4v) is 1.04. The predicted molar refractivity (Wildman–Crippen MR) is 55.2 cm³/mol. The maximum atomic E-state index is 11.5. The van der Waals surface area contributed by atoms with E-state index in [4.69, 9.17) is 0 Å². The summed E-state index contributed by atoms with van der Waals surface area (Å²) < 4.78 is 0. The second kappa shape index (κ2) is 4.98. The molecular weight excluding hydrogens is 180 g/mol. The normalized spacial score (nSPS) is 10.6. The first-order valence-corrected chi connectivity index (χ1v) is 4.84. The van der Waals surface area contributed by atoms with Crippen LogP contribution in [0.2, 0.25) is 0 Å². The number of carbonyl (C=O) groups is 2. The van der Waals surface area contributed by atoms with Crippen LogP contribution in [0, 0.1) is 11.8 Å². The van der Waals surface area contributed by atoms with Crippen LogP contribution in [0.3, 0.4) is 0 Å². The summed E-state index contributed by atoms with van der Waals surface area (Å²) >= 11 is 0. The Bertz CT molecular complexity index is 200. The molecule has 0 spiro atoms. The molecule has 0 aromatic carbocycles. The zero-order valence-electron chi connectivity index (χ0n) is 9.87. The maximum Gasteiger partial charge on any atom is 0.243 e. The van der Waals surface area contributed by atoms with E-state index in [1.165, 1.54) is 10.0 Å². The monoisotopic (exact) mass is 200 g/mol. The van der Waals surface area contributed by atoms with E-state index in [1.807, 2.05) is 27.7 Å². The van der Waals surface area contributed by atoms with Crippen LogP contribution >= 0.6 is 0 Å². The summed E-state index contributed by atoms with van der Waals surface area (Å²) in [7, 11) is 3.23. The van der Waals surface area contributed by atoms with E-state index in [0.29, 0.717) is 0 Å². The molecule has 14 heavy (non-hydrogen) atoms. The van der Waals surface area contributed by atoms with E-state index < -0.39 is 0 Å². The molecule has 0 aromatic rings. The lowest BCUT2D eigenvalue weighted by Crippen LogP contribution is -2.47. The molecule has 0 atom stereocenters. The number of hydrogen-bond acceptors (Lipinski definition) is 2. The Morgan fingerprint density at radius 1 is 0.786 bits per heavy atom. The van der Waals surface area contributed by atoms with Crippen molar-refractivity contribution in [1.82, 2.24) is 10.0 Å². The Hall–Kier alpha value is -1.06. The van der Waals surface area contributed by atoms with Gasteiger partial charge in [-0.05, 0) is 0 Å². The third-order valence-corrected chi connectivity index (χ3v) is 2.08. The average molecular weight is 200 g/mol. The van der Waals surface area contributed by atoms with E-state index in [-0.39, 0.29) is 23.7 Å². The molecule has 0 rings (SSSR count). The lowest BCUT2D eigenvalue weighted by atomic mass is 10.2. The van der Waals surface area contributed by atoms with Crippen molar-refractivity contribution in [3.8, 4) is 0 Å². The van der Waals surface area contributed by atoms with Gasteiger partial charge in [0.1, 0.15) is 0 Å². The lowest BCUT2D eigenvalue weighted by molar-refractivity contribution is -0.161. The van der Waals surface area contributed by atoms with E-state index in [1.54, 1.807) is 14.1 Å². The molecule has 0 aliphatic carbocycles. The first-order chi connectivity index (χ1) is 6.29. The molecule has 0 fully saturated rings. The Morgan fingerprint density at radius 3 is 1.14 bits per heavy atom. The van der Waals surface area contributed by atoms with Crippen molar-refractivity contribution < 1.29 is 9.59 Å². The van der Waals surface area contributed by atoms with Gasteiger partial charge < -0.3 is 0 Å². The summed E-state index contributed by atoms with van der Waals surface area (Å²) in [5.41, 5.74) is 0. The molecular formula is C10H20N2O2. The zero-order valence-corrected chi connectivity index (χ0v) is 9.87. The van der Waals surface area contributed by atoms with Crippen molar-refractivity contribution in [2.24, 2.45) is 11.8 Å². The first kappa shape index (κ1) is 12.9. The molecule has 82 valence electrons. The highest BCUT2D eigenvalue weighted by atomic mass is 16.2. The third kappa shape index (κ3) is 3.01. The second-order valence-electron chi connectivity index (χ2n) is 4.03. The van der Waals surface area contributed by atoms with Gasteiger partial charge in [-0.15, -0.1) is 0 Å². The van der Waals surface area contributed by atoms with Crippen molar-refractivity contribution in [1.29, 1.82) is 0 Å². The fourth-order valence-electron chi connectivity index (χ4n) is 1.04. The highest BCUT2D eigenvalue weighted by Crippen LogP contribution is 2.05. The van der Waals surface area contributed by atoms with E-state index >= 15 is 0 Å². The Morgan fingerprint density at radius 2 is 1.00 bits per heavy atom. The van der Waals surface area contributed by atoms with Gasteiger partial charge in [0, 0.05) is 25.9 Å². The molecule has 0 aliphatic heterocycles. The van der Waals surface area contributed by atoms with Crippen LogP contribution in [0.1, 0.15) is 27.7 Å². The standard InChI is InChI=1S/C10H20N2O2/c1-7(2)9(13)11(5)12(6)10(14)8(3)4/h7-8H,1-6H3. The zero-order chi connectivity index (χ0) is 11.5. The Kier molecular flexibility index (Phi) is 4.60. The van der Waals surface area contributed by atoms with E-state index in [9.17, 15) is 9.59 Å². The van der Waals surface area contributed by atoms with Crippen LogP contribution in [0.25, 0.3) is 0 Å². The molecule has 0 heterocycles. The number of hydrazine groups is 1. The number of hydrogen-bond donors (Lipinski definition) is 0. The topological polar surface area (TPSA) is 40.6 Å². The van der Waals surface area contributed by atoms with Gasteiger partial charge in [-0.1, -0.05) is 27.7 Å². The molecule has 2 amide bonds. The molecule has 0 aromatic heterocycles. The van der Waals surface area contributed by atoms with Gasteiger partial charge in [-0.3, -0.25) is 19.6 Å². The van der Waals surface area contributed by atoms with Gasteiger partial charge in [-0.2, -0.15) is 0 Å². The summed E-state index contributed by atoms with van der Waals surface area (Å²) in [6.07, 6.45) is 0.